The summed E-state index contributed by atoms with van der Waals surface area (Å²) in [6.07, 6.45) is 1.59. The zero-order valence-electron chi connectivity index (χ0n) is 11.1. The number of benzene rings is 1. The van der Waals surface area contributed by atoms with Crippen molar-refractivity contribution in [1.29, 1.82) is 0 Å². The van der Waals surface area contributed by atoms with Crippen molar-refractivity contribution >= 4 is 21.4 Å². The Kier molecular flexibility index (Phi) is 3.80. The molecule has 0 aliphatic heterocycles. The van der Waals surface area contributed by atoms with Crippen molar-refractivity contribution in [3.05, 3.63) is 42.2 Å². The van der Waals surface area contributed by atoms with E-state index in [1.54, 1.807) is 31.3 Å². The Hall–Kier alpha value is -2.28. The average Bonchev–Trinajstić information content (AvgIpc) is 2.40. The van der Waals surface area contributed by atoms with Gasteiger partial charge >= 0.3 is 0 Å². The van der Waals surface area contributed by atoms with Crippen LogP contribution >= 0.6 is 0 Å². The number of methoxy groups -OCH3 is 1. The van der Waals surface area contributed by atoms with Crippen LogP contribution in [-0.4, -0.2) is 20.5 Å². The van der Waals surface area contributed by atoms with E-state index in [1.807, 2.05) is 0 Å². The predicted octanol–water partition coefficient (Wildman–Crippen LogP) is 1.78. The van der Waals surface area contributed by atoms with Gasteiger partial charge < -0.3 is 10.5 Å². The van der Waals surface area contributed by atoms with Crippen molar-refractivity contribution in [2.75, 3.05) is 17.6 Å². The van der Waals surface area contributed by atoms with Gasteiger partial charge in [-0.05, 0) is 31.2 Å². The first-order valence-corrected chi connectivity index (χ1v) is 7.30. The molecule has 2 rings (SSSR count). The van der Waals surface area contributed by atoms with Crippen LogP contribution in [0.3, 0.4) is 0 Å². The molecule has 106 valence electrons. The first-order valence-electron chi connectivity index (χ1n) is 5.82. The number of nitrogen functional groups attached to an aromatic ring is 1. The van der Waals surface area contributed by atoms with Crippen molar-refractivity contribution in [3.63, 3.8) is 0 Å². The molecule has 0 saturated carbocycles. The van der Waals surface area contributed by atoms with Crippen LogP contribution in [0.25, 0.3) is 0 Å². The molecule has 0 bridgehead atoms. The van der Waals surface area contributed by atoms with E-state index in [9.17, 15) is 8.42 Å². The fraction of sp³-hybridized carbons (Fsp3) is 0.154. The highest BCUT2D eigenvalue weighted by Crippen LogP contribution is 2.26. The molecular weight excluding hydrogens is 278 g/mol. The highest BCUT2D eigenvalue weighted by molar-refractivity contribution is 7.92. The van der Waals surface area contributed by atoms with Crippen LogP contribution in [0.15, 0.2) is 41.4 Å². The number of anilines is 2. The molecule has 20 heavy (non-hydrogen) atoms. The molecular formula is C13H15N3O3S. The van der Waals surface area contributed by atoms with E-state index in [4.69, 9.17) is 10.5 Å². The molecule has 2 aromatic rings. The van der Waals surface area contributed by atoms with E-state index in [0.29, 0.717) is 17.1 Å². The lowest BCUT2D eigenvalue weighted by Crippen LogP contribution is -2.15. The summed E-state index contributed by atoms with van der Waals surface area (Å²) >= 11 is 0. The van der Waals surface area contributed by atoms with Crippen LogP contribution in [0.4, 0.5) is 11.4 Å². The van der Waals surface area contributed by atoms with Gasteiger partial charge in [0.05, 0.1) is 24.2 Å². The predicted molar refractivity (Wildman–Crippen MR) is 77.2 cm³/mol. The van der Waals surface area contributed by atoms with E-state index in [0.717, 1.165) is 0 Å². The lowest BCUT2D eigenvalue weighted by Gasteiger charge is -2.12. The molecule has 0 aliphatic rings. The van der Waals surface area contributed by atoms with Crippen molar-refractivity contribution < 1.29 is 13.2 Å². The fourth-order valence-corrected chi connectivity index (χ4v) is 2.92. The van der Waals surface area contributed by atoms with Gasteiger partial charge in [-0.2, -0.15) is 0 Å². The summed E-state index contributed by atoms with van der Waals surface area (Å²) in [5.74, 6) is 0.499. The van der Waals surface area contributed by atoms with Gasteiger partial charge in [0.15, 0.2) is 0 Å². The van der Waals surface area contributed by atoms with E-state index >= 15 is 0 Å². The van der Waals surface area contributed by atoms with Gasteiger partial charge in [-0.25, -0.2) is 8.42 Å². The van der Waals surface area contributed by atoms with E-state index in [-0.39, 0.29) is 10.6 Å². The number of sulfonamides is 1. The number of rotatable bonds is 4. The molecule has 0 spiro atoms. The SMILES string of the molecule is COc1ccc(S(=O)(=O)Nc2cccnc2C)c(N)c1. The molecule has 1 heterocycles. The summed E-state index contributed by atoms with van der Waals surface area (Å²) in [6, 6.07) is 7.70. The van der Waals surface area contributed by atoms with Crippen LogP contribution in [0, 0.1) is 6.92 Å². The normalized spacial score (nSPS) is 11.1. The largest absolute Gasteiger partial charge is 0.497 e. The Labute approximate surface area is 117 Å². The number of hydrogen-bond acceptors (Lipinski definition) is 5. The molecule has 0 amide bonds. The summed E-state index contributed by atoms with van der Waals surface area (Å²) in [5.41, 5.74) is 6.89. The van der Waals surface area contributed by atoms with E-state index < -0.39 is 10.0 Å². The third-order valence-corrected chi connectivity index (χ3v) is 4.20. The zero-order valence-corrected chi connectivity index (χ0v) is 11.9. The van der Waals surface area contributed by atoms with Gasteiger partial charge in [-0.1, -0.05) is 0 Å². The molecule has 7 heteroatoms. The zero-order chi connectivity index (χ0) is 14.8. The summed E-state index contributed by atoms with van der Waals surface area (Å²) < 4.78 is 32.1. The summed E-state index contributed by atoms with van der Waals surface area (Å²) in [6.45, 7) is 1.72. The second-order valence-electron chi connectivity index (χ2n) is 4.15. The van der Waals surface area contributed by atoms with Gasteiger partial charge in [0.25, 0.3) is 10.0 Å². The minimum absolute atomic E-state index is 0.00144. The van der Waals surface area contributed by atoms with Gasteiger partial charge in [0.1, 0.15) is 10.6 Å². The molecule has 1 aromatic carbocycles. The first kappa shape index (κ1) is 14.1. The van der Waals surface area contributed by atoms with E-state index in [1.165, 1.54) is 19.2 Å². The molecule has 3 N–H and O–H groups in total. The average molecular weight is 293 g/mol. The number of aromatic nitrogens is 1. The number of pyridine rings is 1. The van der Waals surface area contributed by atoms with E-state index in [2.05, 4.69) is 9.71 Å². The monoisotopic (exact) mass is 293 g/mol. The summed E-state index contributed by atoms with van der Waals surface area (Å²) in [5, 5.41) is 0. The molecule has 0 unspecified atom stereocenters. The second kappa shape index (κ2) is 5.38. The molecule has 0 saturated heterocycles. The smallest absolute Gasteiger partial charge is 0.264 e. The number of nitrogens with two attached hydrogens (primary N) is 1. The summed E-state index contributed by atoms with van der Waals surface area (Å²) in [4.78, 5) is 4.03. The van der Waals surface area contributed by atoms with Crippen molar-refractivity contribution in [2.45, 2.75) is 11.8 Å². The Morgan fingerprint density at radius 2 is 2.05 bits per heavy atom. The maximum absolute atomic E-state index is 12.3. The minimum Gasteiger partial charge on any atom is -0.497 e. The van der Waals surface area contributed by atoms with Gasteiger partial charge in [-0.15, -0.1) is 0 Å². The standard InChI is InChI=1S/C13H15N3O3S/c1-9-12(4-3-7-15-9)16-20(17,18)13-6-5-10(19-2)8-11(13)14/h3-8,16H,14H2,1-2H3. The lowest BCUT2D eigenvalue weighted by atomic mass is 10.3. The van der Waals surface area contributed by atoms with Gasteiger partial charge in [-0.3, -0.25) is 9.71 Å². The molecule has 0 atom stereocenters. The maximum Gasteiger partial charge on any atom is 0.264 e. The molecule has 0 aliphatic carbocycles. The number of nitrogens with zero attached hydrogens (tertiary/aromatic N) is 1. The van der Waals surface area contributed by atoms with Crippen molar-refractivity contribution in [2.24, 2.45) is 0 Å². The quantitative estimate of drug-likeness (QED) is 0.838. The van der Waals surface area contributed by atoms with Crippen molar-refractivity contribution in [3.8, 4) is 5.75 Å². The Morgan fingerprint density at radius 1 is 1.30 bits per heavy atom. The topological polar surface area (TPSA) is 94.3 Å². The molecule has 0 radical (unpaired) electrons. The molecule has 1 aromatic heterocycles. The molecule has 6 nitrogen and oxygen atoms in total. The van der Waals surface area contributed by atoms with Gasteiger partial charge in [0.2, 0.25) is 0 Å². The van der Waals surface area contributed by atoms with Crippen LogP contribution < -0.4 is 15.2 Å². The van der Waals surface area contributed by atoms with Crippen LogP contribution in [0.1, 0.15) is 5.69 Å². The molecule has 0 fully saturated rings. The number of aryl methyl sites for hydroxylation is 1. The number of nitrogens with one attached hydrogen (secondary N) is 1. The Morgan fingerprint density at radius 3 is 2.65 bits per heavy atom. The first-order chi connectivity index (χ1) is 9.44. The highest BCUT2D eigenvalue weighted by atomic mass is 32.2. The second-order valence-corrected chi connectivity index (χ2v) is 5.80. The number of hydrogen-bond donors (Lipinski definition) is 2. The fourth-order valence-electron chi connectivity index (χ4n) is 1.69. The third kappa shape index (κ3) is 2.83. The van der Waals surface area contributed by atoms with Crippen molar-refractivity contribution in [1.82, 2.24) is 4.98 Å². The Balaban J connectivity index is 2.39. The van der Waals surface area contributed by atoms with Gasteiger partial charge in [0, 0.05) is 12.3 Å². The Bertz CT molecular complexity index is 729. The number of ether oxygens (including phenoxy) is 1. The maximum atomic E-state index is 12.3. The van der Waals surface area contributed by atoms with Crippen LogP contribution in [0.5, 0.6) is 5.75 Å². The minimum atomic E-state index is -3.76. The van der Waals surface area contributed by atoms with Crippen LogP contribution in [0.2, 0.25) is 0 Å². The third-order valence-electron chi connectivity index (χ3n) is 2.76. The lowest BCUT2D eigenvalue weighted by molar-refractivity contribution is 0.414. The summed E-state index contributed by atoms with van der Waals surface area (Å²) in [7, 11) is -2.28. The van der Waals surface area contributed by atoms with Crippen LogP contribution in [-0.2, 0) is 10.0 Å². The highest BCUT2D eigenvalue weighted by Gasteiger charge is 2.19.